The number of nitrogens with zero attached hydrogens (tertiary/aromatic N) is 1. The second kappa shape index (κ2) is 6.58. The van der Waals surface area contributed by atoms with E-state index in [0.29, 0.717) is 16.7 Å². The van der Waals surface area contributed by atoms with Gasteiger partial charge in [0.25, 0.3) is 0 Å². The summed E-state index contributed by atoms with van der Waals surface area (Å²) in [5, 5.41) is 0.464. The second-order valence-corrected chi connectivity index (χ2v) is 5.18. The summed E-state index contributed by atoms with van der Waals surface area (Å²) in [5.74, 6) is 0.0675. The van der Waals surface area contributed by atoms with E-state index in [2.05, 4.69) is 0 Å². The number of aromatic nitrogens is 1. The van der Waals surface area contributed by atoms with Crippen molar-refractivity contribution < 1.29 is 14.3 Å². The number of esters is 1. The maximum Gasteiger partial charge on any atom is 0.343 e. The predicted octanol–water partition coefficient (Wildman–Crippen LogP) is 3.18. The lowest BCUT2D eigenvalue weighted by molar-refractivity contribution is 0.0524. The summed E-state index contributed by atoms with van der Waals surface area (Å²) in [4.78, 5) is 24.8. The van der Waals surface area contributed by atoms with Gasteiger partial charge in [0.2, 0.25) is 5.43 Å². The van der Waals surface area contributed by atoms with Gasteiger partial charge in [-0.3, -0.25) is 4.79 Å². The van der Waals surface area contributed by atoms with E-state index in [1.807, 2.05) is 36.4 Å². The summed E-state index contributed by atoms with van der Waals surface area (Å²) in [6.45, 7) is 1.92. The van der Waals surface area contributed by atoms with Crippen molar-refractivity contribution >= 4 is 16.9 Å². The molecule has 0 aliphatic rings. The molecule has 0 aliphatic heterocycles. The minimum Gasteiger partial charge on any atom is -0.497 e. The Morgan fingerprint density at radius 3 is 2.67 bits per heavy atom. The van der Waals surface area contributed by atoms with Crippen LogP contribution in [0.25, 0.3) is 16.6 Å². The number of pyridine rings is 1. The first kappa shape index (κ1) is 15.8. The van der Waals surface area contributed by atoms with E-state index in [0.717, 1.165) is 5.69 Å². The number of carbonyl (C=O) groups is 1. The van der Waals surface area contributed by atoms with Gasteiger partial charge in [0.05, 0.1) is 19.2 Å². The van der Waals surface area contributed by atoms with E-state index in [-0.39, 0.29) is 17.6 Å². The lowest BCUT2D eigenvalue weighted by Gasteiger charge is -2.14. The molecule has 24 heavy (non-hydrogen) atoms. The molecule has 5 nitrogen and oxygen atoms in total. The van der Waals surface area contributed by atoms with Crippen LogP contribution in [0.15, 0.2) is 59.5 Å². The van der Waals surface area contributed by atoms with Crippen LogP contribution in [0.4, 0.5) is 0 Å². The number of ether oxygens (including phenoxy) is 2. The van der Waals surface area contributed by atoms with E-state index in [4.69, 9.17) is 9.47 Å². The van der Waals surface area contributed by atoms with Crippen LogP contribution >= 0.6 is 0 Å². The molecule has 3 aromatic rings. The molecule has 0 aliphatic carbocycles. The molecule has 0 fully saturated rings. The molecule has 3 rings (SSSR count). The average Bonchev–Trinajstić information content (AvgIpc) is 2.62. The number of carbonyl (C=O) groups excluding carboxylic acids is 1. The zero-order chi connectivity index (χ0) is 17.1. The normalized spacial score (nSPS) is 10.6. The molecule has 0 amide bonds. The van der Waals surface area contributed by atoms with E-state index >= 15 is 0 Å². The molecule has 0 saturated carbocycles. The minimum absolute atomic E-state index is 0.0124. The van der Waals surface area contributed by atoms with E-state index < -0.39 is 5.97 Å². The molecule has 0 radical (unpaired) electrons. The van der Waals surface area contributed by atoms with Crippen molar-refractivity contribution in [2.24, 2.45) is 0 Å². The summed E-state index contributed by atoms with van der Waals surface area (Å²) >= 11 is 0. The molecular weight excluding hydrogens is 306 g/mol. The number of hydrogen-bond acceptors (Lipinski definition) is 4. The van der Waals surface area contributed by atoms with Crippen LogP contribution < -0.4 is 10.2 Å². The molecule has 1 heterocycles. The first-order valence-electron chi connectivity index (χ1n) is 7.61. The Kier molecular flexibility index (Phi) is 4.33. The highest BCUT2D eigenvalue weighted by Crippen LogP contribution is 2.21. The Morgan fingerprint density at radius 2 is 1.92 bits per heavy atom. The smallest absolute Gasteiger partial charge is 0.343 e. The van der Waals surface area contributed by atoms with Gasteiger partial charge in [0.1, 0.15) is 11.3 Å². The third-order valence-electron chi connectivity index (χ3n) is 3.74. The van der Waals surface area contributed by atoms with Crippen molar-refractivity contribution in [2.45, 2.75) is 6.92 Å². The molecule has 0 unspecified atom stereocenters. The standard InChI is InChI=1S/C19H17NO4/c1-3-24-19(22)16-12-20(13-7-6-8-14(11-13)23-2)17-10-5-4-9-15(17)18(16)21/h4-12H,3H2,1-2H3. The maximum absolute atomic E-state index is 12.6. The van der Waals surface area contributed by atoms with E-state index in [1.54, 1.807) is 30.7 Å². The highest BCUT2D eigenvalue weighted by Gasteiger charge is 2.17. The van der Waals surface area contributed by atoms with Crippen molar-refractivity contribution in [2.75, 3.05) is 13.7 Å². The third-order valence-corrected chi connectivity index (χ3v) is 3.74. The summed E-state index contributed by atoms with van der Waals surface area (Å²) in [7, 11) is 1.59. The number of benzene rings is 2. The topological polar surface area (TPSA) is 57.5 Å². The van der Waals surface area contributed by atoms with E-state index in [1.165, 1.54) is 6.20 Å². The quantitative estimate of drug-likeness (QED) is 0.692. The summed E-state index contributed by atoms with van der Waals surface area (Å²) in [6.07, 6.45) is 1.53. The van der Waals surface area contributed by atoms with Crippen LogP contribution in [0.1, 0.15) is 17.3 Å². The monoisotopic (exact) mass is 323 g/mol. The number of para-hydroxylation sites is 1. The van der Waals surface area contributed by atoms with Crippen LogP contribution in [-0.2, 0) is 4.74 Å². The van der Waals surface area contributed by atoms with Gasteiger partial charge in [-0.05, 0) is 31.2 Å². The Labute approximate surface area is 139 Å². The van der Waals surface area contributed by atoms with Gasteiger partial charge in [0.15, 0.2) is 0 Å². The fourth-order valence-corrected chi connectivity index (χ4v) is 2.61. The van der Waals surface area contributed by atoms with Gasteiger partial charge >= 0.3 is 5.97 Å². The molecular formula is C19H17NO4. The van der Waals surface area contributed by atoms with Gasteiger partial charge < -0.3 is 14.0 Å². The zero-order valence-corrected chi connectivity index (χ0v) is 13.5. The Bertz CT molecular complexity index is 959. The minimum atomic E-state index is -0.620. The first-order chi connectivity index (χ1) is 11.7. The van der Waals surface area contributed by atoms with Gasteiger partial charge in [-0.2, -0.15) is 0 Å². The Hall–Kier alpha value is -3.08. The van der Waals surface area contributed by atoms with Crippen LogP contribution in [0, 0.1) is 0 Å². The number of fused-ring (bicyclic) bond motifs is 1. The largest absolute Gasteiger partial charge is 0.497 e. The van der Waals surface area contributed by atoms with Crippen molar-refractivity contribution in [3.05, 3.63) is 70.5 Å². The molecule has 5 heteroatoms. The van der Waals surface area contributed by atoms with Gasteiger partial charge in [-0.15, -0.1) is 0 Å². The van der Waals surface area contributed by atoms with Gasteiger partial charge in [-0.1, -0.05) is 18.2 Å². The third kappa shape index (κ3) is 2.76. The molecule has 1 aromatic heterocycles. The Balaban J connectivity index is 2.32. The molecule has 0 saturated heterocycles. The zero-order valence-electron chi connectivity index (χ0n) is 13.5. The second-order valence-electron chi connectivity index (χ2n) is 5.18. The fraction of sp³-hybridized carbons (Fsp3) is 0.158. The number of methoxy groups -OCH3 is 1. The van der Waals surface area contributed by atoms with Crippen LogP contribution in [0.2, 0.25) is 0 Å². The molecule has 122 valence electrons. The lowest BCUT2D eigenvalue weighted by atomic mass is 10.1. The summed E-state index contributed by atoms with van der Waals surface area (Å²) < 4.78 is 12.1. The van der Waals surface area contributed by atoms with Crippen molar-refractivity contribution in [1.29, 1.82) is 0 Å². The lowest BCUT2D eigenvalue weighted by Crippen LogP contribution is -2.20. The number of rotatable bonds is 4. The first-order valence-corrected chi connectivity index (χ1v) is 7.61. The maximum atomic E-state index is 12.6. The van der Waals surface area contributed by atoms with E-state index in [9.17, 15) is 9.59 Å². The number of hydrogen-bond donors (Lipinski definition) is 0. The molecule has 0 bridgehead atoms. The SMILES string of the molecule is CCOC(=O)c1cn(-c2cccc(OC)c2)c2ccccc2c1=O. The van der Waals surface area contributed by atoms with Gasteiger partial charge in [-0.25, -0.2) is 4.79 Å². The van der Waals surface area contributed by atoms with Crippen molar-refractivity contribution in [1.82, 2.24) is 4.57 Å². The van der Waals surface area contributed by atoms with Crippen LogP contribution in [0.3, 0.4) is 0 Å². The highest BCUT2D eigenvalue weighted by molar-refractivity contribution is 5.94. The molecule has 0 spiro atoms. The molecule has 0 atom stereocenters. The molecule has 0 N–H and O–H groups in total. The van der Waals surface area contributed by atoms with Crippen molar-refractivity contribution in [3.63, 3.8) is 0 Å². The Morgan fingerprint density at radius 1 is 1.12 bits per heavy atom. The summed E-state index contributed by atoms with van der Waals surface area (Å²) in [6, 6.07) is 14.6. The average molecular weight is 323 g/mol. The fourth-order valence-electron chi connectivity index (χ4n) is 2.61. The van der Waals surface area contributed by atoms with Crippen LogP contribution in [-0.4, -0.2) is 24.3 Å². The van der Waals surface area contributed by atoms with Gasteiger partial charge in [0, 0.05) is 23.3 Å². The van der Waals surface area contributed by atoms with Crippen molar-refractivity contribution in [3.8, 4) is 11.4 Å². The highest BCUT2D eigenvalue weighted by atomic mass is 16.5. The molecule has 2 aromatic carbocycles. The van der Waals surface area contributed by atoms with Crippen LogP contribution in [0.5, 0.6) is 5.75 Å². The summed E-state index contributed by atoms with van der Waals surface area (Å²) in [5.41, 5.74) is 1.18. The predicted molar refractivity (Wildman–Crippen MR) is 92.1 cm³/mol.